The summed E-state index contributed by atoms with van der Waals surface area (Å²) in [6, 6.07) is 23.1. The highest BCUT2D eigenvalue weighted by atomic mass is 16.3. The Balaban J connectivity index is 2.43. The van der Waals surface area contributed by atoms with Crippen molar-refractivity contribution in [3.63, 3.8) is 0 Å². The minimum absolute atomic E-state index is 0.0791. The molecule has 212 valence electrons. The maximum absolute atomic E-state index is 13.1. The van der Waals surface area contributed by atoms with Gasteiger partial charge in [-0.25, -0.2) is 0 Å². The number of benzene rings is 3. The summed E-state index contributed by atoms with van der Waals surface area (Å²) in [7, 11) is 0. The first kappa shape index (κ1) is 31.1. The second-order valence-corrected chi connectivity index (χ2v) is 15.7. The molecular weight excluding hydrogens is 474 g/mol. The molecule has 0 aliphatic carbocycles. The van der Waals surface area contributed by atoms with Crippen molar-refractivity contribution in [3.8, 4) is 0 Å². The van der Waals surface area contributed by atoms with E-state index >= 15 is 0 Å². The maximum atomic E-state index is 13.1. The quantitative estimate of drug-likeness (QED) is 0.349. The van der Waals surface area contributed by atoms with E-state index in [4.69, 9.17) is 5.73 Å². The van der Waals surface area contributed by atoms with E-state index in [1.54, 1.807) is 0 Å². The predicted molar refractivity (Wildman–Crippen MR) is 169 cm³/mol. The third-order valence-corrected chi connectivity index (χ3v) is 8.05. The predicted octanol–water partition coefficient (Wildman–Crippen LogP) is 8.68. The molecule has 3 aromatic rings. The van der Waals surface area contributed by atoms with Crippen LogP contribution >= 0.6 is 0 Å². The summed E-state index contributed by atoms with van der Waals surface area (Å²) in [6.45, 7) is 26.8. The molecule has 0 saturated heterocycles. The molecule has 0 aromatic heterocycles. The van der Waals surface area contributed by atoms with Gasteiger partial charge >= 0.3 is 0 Å². The van der Waals surface area contributed by atoms with Gasteiger partial charge in [0.2, 0.25) is 0 Å². The molecule has 39 heavy (non-hydrogen) atoms. The standard InChI is InChI=1S/C37H53NO/c1-33(2,3)26-19-27(34(4,5)6)22-30(21-26)37(39,32(38)18-25-16-14-13-15-17-25)31-23-28(35(7,8)9)20-29(24-31)36(10,11)12/h13-17,19-24,32,39H,18,38H2,1-12H3/t32-/m0/s1. The minimum atomic E-state index is -1.39. The van der Waals surface area contributed by atoms with Gasteiger partial charge in [0.15, 0.2) is 0 Å². The van der Waals surface area contributed by atoms with Gasteiger partial charge in [-0.3, -0.25) is 0 Å². The van der Waals surface area contributed by atoms with Crippen LogP contribution < -0.4 is 5.73 Å². The van der Waals surface area contributed by atoms with Crippen LogP contribution in [0.15, 0.2) is 66.7 Å². The first-order chi connectivity index (χ1) is 17.6. The van der Waals surface area contributed by atoms with E-state index in [1.165, 1.54) is 22.3 Å². The van der Waals surface area contributed by atoms with E-state index in [9.17, 15) is 5.11 Å². The smallest absolute Gasteiger partial charge is 0.130 e. The Morgan fingerprint density at radius 1 is 0.513 bits per heavy atom. The lowest BCUT2D eigenvalue weighted by atomic mass is 9.71. The Morgan fingerprint density at radius 3 is 1.08 bits per heavy atom. The van der Waals surface area contributed by atoms with Gasteiger partial charge < -0.3 is 10.8 Å². The highest BCUT2D eigenvalue weighted by Gasteiger charge is 2.41. The van der Waals surface area contributed by atoms with Crippen LogP contribution in [-0.2, 0) is 33.7 Å². The molecule has 0 fully saturated rings. The van der Waals surface area contributed by atoms with Crippen molar-refractivity contribution in [1.82, 2.24) is 0 Å². The fourth-order valence-corrected chi connectivity index (χ4v) is 5.04. The summed E-state index contributed by atoms with van der Waals surface area (Å²) in [5.41, 5.74) is 13.1. The molecule has 0 aliphatic heterocycles. The normalized spacial score (nSPS) is 14.4. The Morgan fingerprint density at radius 2 is 0.795 bits per heavy atom. The molecule has 0 radical (unpaired) electrons. The third-order valence-electron chi connectivity index (χ3n) is 8.05. The van der Waals surface area contributed by atoms with Gasteiger partial charge in [-0.1, -0.05) is 150 Å². The van der Waals surface area contributed by atoms with E-state index in [0.717, 1.165) is 16.7 Å². The molecular formula is C37H53NO. The number of nitrogens with two attached hydrogens (primary N) is 1. The third kappa shape index (κ3) is 7.02. The zero-order valence-corrected chi connectivity index (χ0v) is 26.7. The van der Waals surface area contributed by atoms with Crippen molar-refractivity contribution < 1.29 is 5.11 Å². The van der Waals surface area contributed by atoms with Crippen LogP contribution in [0.2, 0.25) is 0 Å². The molecule has 3 rings (SSSR count). The summed E-state index contributed by atoms with van der Waals surface area (Å²) in [6.07, 6.45) is 0.562. The van der Waals surface area contributed by atoms with Crippen LogP contribution in [0.5, 0.6) is 0 Å². The number of rotatable bonds is 5. The van der Waals surface area contributed by atoms with Gasteiger partial charge in [0.05, 0.1) is 0 Å². The molecule has 0 amide bonds. The van der Waals surface area contributed by atoms with Crippen LogP contribution in [0.4, 0.5) is 0 Å². The van der Waals surface area contributed by atoms with Crippen LogP contribution in [0.25, 0.3) is 0 Å². The van der Waals surface area contributed by atoms with Crippen LogP contribution in [0.1, 0.15) is 122 Å². The summed E-state index contributed by atoms with van der Waals surface area (Å²) >= 11 is 0. The van der Waals surface area contributed by atoms with Crippen LogP contribution in [0.3, 0.4) is 0 Å². The first-order valence-electron chi connectivity index (χ1n) is 14.5. The largest absolute Gasteiger partial charge is 0.379 e. The zero-order chi connectivity index (χ0) is 29.6. The Hall–Kier alpha value is -2.42. The molecule has 1 atom stereocenters. The van der Waals surface area contributed by atoms with Gasteiger partial charge in [0, 0.05) is 6.04 Å². The summed E-state index contributed by atoms with van der Waals surface area (Å²) in [5, 5.41) is 13.1. The van der Waals surface area contributed by atoms with Crippen molar-refractivity contribution in [3.05, 3.63) is 106 Å². The van der Waals surface area contributed by atoms with Crippen molar-refractivity contribution in [1.29, 1.82) is 0 Å². The average molecular weight is 528 g/mol. The Labute approximate surface area is 239 Å². The molecule has 2 heteroatoms. The molecule has 0 heterocycles. The number of hydrogen-bond donors (Lipinski definition) is 2. The van der Waals surface area contributed by atoms with Crippen LogP contribution in [0, 0.1) is 0 Å². The van der Waals surface area contributed by atoms with Crippen molar-refractivity contribution in [2.45, 2.75) is 123 Å². The number of hydrogen-bond acceptors (Lipinski definition) is 2. The molecule has 0 aliphatic rings. The Kier molecular flexibility index (Phi) is 8.40. The first-order valence-corrected chi connectivity index (χ1v) is 14.5. The van der Waals surface area contributed by atoms with E-state index in [1.807, 2.05) is 18.2 Å². The van der Waals surface area contributed by atoms with E-state index in [2.05, 4.69) is 132 Å². The SMILES string of the molecule is CC(C)(C)c1cc(C(C)(C)C)cc(C(O)(c2cc(C(C)(C)C)cc(C(C)(C)C)c2)[C@@H](N)Cc2ccccc2)c1. The maximum Gasteiger partial charge on any atom is 0.130 e. The molecule has 3 aromatic carbocycles. The fraction of sp³-hybridized carbons (Fsp3) is 0.514. The van der Waals surface area contributed by atoms with Gasteiger partial charge in [0.25, 0.3) is 0 Å². The average Bonchev–Trinajstić information content (AvgIpc) is 2.81. The molecule has 0 saturated carbocycles. The van der Waals surface area contributed by atoms with Crippen molar-refractivity contribution in [2.24, 2.45) is 5.73 Å². The van der Waals surface area contributed by atoms with Crippen molar-refractivity contribution in [2.75, 3.05) is 0 Å². The van der Waals surface area contributed by atoms with Crippen molar-refractivity contribution >= 4 is 0 Å². The van der Waals surface area contributed by atoms with E-state index in [0.29, 0.717) is 6.42 Å². The second-order valence-electron chi connectivity index (χ2n) is 15.7. The molecule has 2 nitrogen and oxygen atoms in total. The highest BCUT2D eigenvalue weighted by Crippen LogP contribution is 2.42. The Bertz CT molecular complexity index is 1130. The monoisotopic (exact) mass is 527 g/mol. The molecule has 0 unspecified atom stereocenters. The summed E-state index contributed by atoms with van der Waals surface area (Å²) < 4.78 is 0. The van der Waals surface area contributed by atoms with Gasteiger partial charge in [0.1, 0.15) is 5.60 Å². The van der Waals surface area contributed by atoms with Gasteiger partial charge in [-0.05, 0) is 67.0 Å². The fourth-order valence-electron chi connectivity index (χ4n) is 5.04. The second kappa shape index (κ2) is 10.5. The van der Waals surface area contributed by atoms with Gasteiger partial charge in [-0.15, -0.1) is 0 Å². The van der Waals surface area contributed by atoms with E-state index < -0.39 is 11.6 Å². The van der Waals surface area contributed by atoms with E-state index in [-0.39, 0.29) is 21.7 Å². The lowest BCUT2D eigenvalue weighted by molar-refractivity contribution is 0.0511. The minimum Gasteiger partial charge on any atom is -0.379 e. The van der Waals surface area contributed by atoms with Gasteiger partial charge in [-0.2, -0.15) is 0 Å². The number of aliphatic hydroxyl groups is 1. The summed E-state index contributed by atoms with van der Waals surface area (Å²) in [5.74, 6) is 0. The molecule has 3 N–H and O–H groups in total. The lowest BCUT2D eigenvalue weighted by Crippen LogP contribution is -2.48. The highest BCUT2D eigenvalue weighted by molar-refractivity contribution is 5.49. The molecule has 0 spiro atoms. The zero-order valence-electron chi connectivity index (χ0n) is 26.7. The lowest BCUT2D eigenvalue weighted by Gasteiger charge is -2.39. The van der Waals surface area contributed by atoms with Crippen LogP contribution in [-0.4, -0.2) is 11.1 Å². The molecule has 0 bridgehead atoms. The summed E-state index contributed by atoms with van der Waals surface area (Å²) in [4.78, 5) is 0. The topological polar surface area (TPSA) is 46.2 Å².